The molecule has 0 amide bonds. The van der Waals surface area contributed by atoms with Crippen LogP contribution in [0.3, 0.4) is 0 Å². The summed E-state index contributed by atoms with van der Waals surface area (Å²) in [4.78, 5) is 3.85. The summed E-state index contributed by atoms with van der Waals surface area (Å²) >= 11 is 0.622. The van der Waals surface area contributed by atoms with Crippen molar-refractivity contribution in [2.75, 3.05) is 0 Å². The summed E-state index contributed by atoms with van der Waals surface area (Å²) in [6.07, 6.45) is -1.82. The van der Waals surface area contributed by atoms with Gasteiger partial charge in [0.2, 0.25) is 0 Å². The van der Waals surface area contributed by atoms with Crippen LogP contribution in [0.1, 0.15) is 27.9 Å². The fourth-order valence-corrected chi connectivity index (χ4v) is 2.52. The summed E-state index contributed by atoms with van der Waals surface area (Å²) in [7, 11) is 0. The molecule has 1 unspecified atom stereocenters. The number of alkyl halides is 3. The Bertz CT molecular complexity index is 522. The zero-order valence-corrected chi connectivity index (χ0v) is 10.8. The van der Waals surface area contributed by atoms with Crippen molar-refractivity contribution in [3.05, 3.63) is 52.0 Å². The number of rotatable bonds is 4. The van der Waals surface area contributed by atoms with E-state index in [9.17, 15) is 13.2 Å². The van der Waals surface area contributed by atoms with Gasteiger partial charge in [0.25, 0.3) is 0 Å². The van der Waals surface area contributed by atoms with Crippen molar-refractivity contribution in [1.82, 2.24) is 4.98 Å². The Balaban J connectivity index is 1.97. The predicted molar refractivity (Wildman–Crippen MR) is 68.8 cm³/mol. The van der Waals surface area contributed by atoms with Gasteiger partial charge in [-0.15, -0.1) is 11.3 Å². The topological polar surface area (TPSA) is 38.9 Å². The second kappa shape index (κ2) is 5.71. The summed E-state index contributed by atoms with van der Waals surface area (Å²) in [6, 6.07) is 9.31. The molecule has 0 saturated heterocycles. The van der Waals surface area contributed by atoms with Gasteiger partial charge in [0.1, 0.15) is 0 Å². The maximum Gasteiger partial charge on any atom is 0.443 e. The minimum Gasteiger partial charge on any atom is -0.323 e. The van der Waals surface area contributed by atoms with E-state index in [1.54, 1.807) is 0 Å². The van der Waals surface area contributed by atoms with Crippen LogP contribution in [0.4, 0.5) is 13.2 Å². The first kappa shape index (κ1) is 14.0. The summed E-state index contributed by atoms with van der Waals surface area (Å²) < 4.78 is 37.3. The molecule has 0 bridgehead atoms. The highest BCUT2D eigenvalue weighted by molar-refractivity contribution is 7.11. The molecule has 102 valence electrons. The van der Waals surface area contributed by atoms with Crippen molar-refractivity contribution in [2.45, 2.75) is 25.1 Å². The molecule has 0 fully saturated rings. The van der Waals surface area contributed by atoms with Gasteiger partial charge in [-0.05, 0) is 18.4 Å². The van der Waals surface area contributed by atoms with Crippen LogP contribution < -0.4 is 5.73 Å². The fraction of sp³-hybridized carbons (Fsp3) is 0.308. The molecule has 19 heavy (non-hydrogen) atoms. The fourth-order valence-electron chi connectivity index (χ4n) is 1.70. The summed E-state index contributed by atoms with van der Waals surface area (Å²) in [5.41, 5.74) is 7.03. The van der Waals surface area contributed by atoms with Gasteiger partial charge in [-0.1, -0.05) is 30.3 Å². The highest BCUT2D eigenvalue weighted by Crippen LogP contribution is 2.34. The number of hydrogen-bond acceptors (Lipinski definition) is 3. The molecule has 1 aromatic carbocycles. The van der Waals surface area contributed by atoms with Crippen molar-refractivity contribution >= 4 is 11.3 Å². The molecule has 6 heteroatoms. The van der Waals surface area contributed by atoms with Gasteiger partial charge in [0.15, 0.2) is 5.01 Å². The average molecular weight is 286 g/mol. The maximum absolute atomic E-state index is 12.4. The SMILES string of the molecule is NC(CCc1ccccc1)c1cnc(C(F)(F)F)s1. The first-order valence-corrected chi connectivity index (χ1v) is 6.61. The van der Waals surface area contributed by atoms with Crippen molar-refractivity contribution in [2.24, 2.45) is 5.73 Å². The number of nitrogens with two attached hydrogens (primary N) is 1. The van der Waals surface area contributed by atoms with E-state index in [4.69, 9.17) is 5.73 Å². The van der Waals surface area contributed by atoms with Crippen LogP contribution in [-0.2, 0) is 12.6 Å². The number of nitrogens with zero attached hydrogens (tertiary/aromatic N) is 1. The van der Waals surface area contributed by atoms with Gasteiger partial charge in [0.05, 0.1) is 0 Å². The third kappa shape index (κ3) is 3.78. The van der Waals surface area contributed by atoms with E-state index >= 15 is 0 Å². The van der Waals surface area contributed by atoms with Gasteiger partial charge in [-0.2, -0.15) is 13.2 Å². The smallest absolute Gasteiger partial charge is 0.323 e. The lowest BCUT2D eigenvalue weighted by atomic mass is 10.1. The third-order valence-electron chi connectivity index (χ3n) is 2.72. The number of halogens is 3. The lowest BCUT2D eigenvalue weighted by Gasteiger charge is -2.08. The van der Waals surface area contributed by atoms with Crippen LogP contribution in [0.2, 0.25) is 0 Å². The molecule has 1 heterocycles. The molecule has 0 aliphatic heterocycles. The Morgan fingerprint density at radius 3 is 2.47 bits per heavy atom. The van der Waals surface area contributed by atoms with Gasteiger partial charge in [0, 0.05) is 17.1 Å². The lowest BCUT2D eigenvalue weighted by molar-refractivity contribution is -0.137. The van der Waals surface area contributed by atoms with E-state index in [1.165, 1.54) is 6.20 Å². The largest absolute Gasteiger partial charge is 0.443 e. The molecule has 2 rings (SSSR count). The van der Waals surface area contributed by atoms with Crippen LogP contribution in [0.5, 0.6) is 0 Å². The molecule has 0 aliphatic carbocycles. The second-order valence-electron chi connectivity index (χ2n) is 4.20. The highest BCUT2D eigenvalue weighted by atomic mass is 32.1. The zero-order chi connectivity index (χ0) is 13.9. The molecular formula is C13H13F3N2S. The third-order valence-corrected chi connectivity index (χ3v) is 3.89. The summed E-state index contributed by atoms with van der Waals surface area (Å²) in [6.45, 7) is 0. The van der Waals surface area contributed by atoms with Crippen LogP contribution in [0.15, 0.2) is 36.5 Å². The molecule has 0 spiro atoms. The quantitative estimate of drug-likeness (QED) is 0.928. The Labute approximate surface area is 113 Å². The first-order valence-electron chi connectivity index (χ1n) is 5.79. The minimum absolute atomic E-state index is 0.409. The average Bonchev–Trinajstić information content (AvgIpc) is 2.87. The van der Waals surface area contributed by atoms with Gasteiger partial charge < -0.3 is 5.73 Å². The highest BCUT2D eigenvalue weighted by Gasteiger charge is 2.34. The Morgan fingerprint density at radius 2 is 1.89 bits per heavy atom. The van der Waals surface area contributed by atoms with Crippen molar-refractivity contribution in [1.29, 1.82) is 0 Å². The molecule has 2 nitrogen and oxygen atoms in total. The van der Waals surface area contributed by atoms with E-state index in [2.05, 4.69) is 4.98 Å². The van der Waals surface area contributed by atoms with Gasteiger partial charge >= 0.3 is 6.18 Å². The predicted octanol–water partition coefficient (Wildman–Crippen LogP) is 3.79. The Kier molecular flexibility index (Phi) is 4.21. The Hall–Kier alpha value is -1.40. The molecule has 0 radical (unpaired) electrons. The van der Waals surface area contributed by atoms with Crippen molar-refractivity contribution in [3.63, 3.8) is 0 Å². The summed E-state index contributed by atoms with van der Waals surface area (Å²) in [5, 5.41) is -0.835. The van der Waals surface area contributed by atoms with E-state index in [-0.39, 0.29) is 0 Å². The first-order chi connectivity index (χ1) is 8.97. The van der Waals surface area contributed by atoms with Crippen LogP contribution in [0.25, 0.3) is 0 Å². The van der Waals surface area contributed by atoms with Gasteiger partial charge in [-0.25, -0.2) is 4.98 Å². The molecule has 2 N–H and O–H groups in total. The standard InChI is InChI=1S/C13H13F3N2S/c14-13(15,16)12-18-8-11(19-12)10(17)7-6-9-4-2-1-3-5-9/h1-5,8,10H,6-7,17H2. The van der Waals surface area contributed by atoms with Crippen LogP contribution >= 0.6 is 11.3 Å². The maximum atomic E-state index is 12.4. The van der Waals surface area contributed by atoms with E-state index in [0.29, 0.717) is 22.6 Å². The zero-order valence-electron chi connectivity index (χ0n) is 10.0. The van der Waals surface area contributed by atoms with E-state index < -0.39 is 17.2 Å². The number of benzene rings is 1. The molecule has 1 aromatic heterocycles. The molecule has 0 aliphatic rings. The monoisotopic (exact) mass is 286 g/mol. The minimum atomic E-state index is -4.39. The van der Waals surface area contributed by atoms with Gasteiger partial charge in [-0.3, -0.25) is 0 Å². The number of aromatic nitrogens is 1. The van der Waals surface area contributed by atoms with Crippen molar-refractivity contribution < 1.29 is 13.2 Å². The molecule has 2 aromatic rings. The molecule has 1 atom stereocenters. The lowest BCUT2D eigenvalue weighted by Crippen LogP contribution is -2.09. The Morgan fingerprint density at radius 1 is 1.21 bits per heavy atom. The molecular weight excluding hydrogens is 273 g/mol. The van der Waals surface area contributed by atoms with Crippen LogP contribution in [0, 0.1) is 0 Å². The van der Waals surface area contributed by atoms with E-state index in [0.717, 1.165) is 12.0 Å². The number of hydrogen-bond donors (Lipinski definition) is 1. The van der Waals surface area contributed by atoms with Crippen molar-refractivity contribution in [3.8, 4) is 0 Å². The second-order valence-corrected chi connectivity index (χ2v) is 5.26. The number of thiazole rings is 1. The van der Waals surface area contributed by atoms with E-state index in [1.807, 2.05) is 30.3 Å². The van der Waals surface area contributed by atoms with Crippen LogP contribution in [-0.4, -0.2) is 4.98 Å². The summed E-state index contributed by atoms with van der Waals surface area (Å²) in [5.74, 6) is 0. The number of aryl methyl sites for hydroxylation is 1. The molecule has 0 saturated carbocycles. The normalized spacial score (nSPS) is 13.5.